The van der Waals surface area contributed by atoms with E-state index < -0.39 is 0 Å². The van der Waals surface area contributed by atoms with Crippen LogP contribution in [0.4, 0.5) is 5.82 Å². The van der Waals surface area contributed by atoms with Gasteiger partial charge in [-0.3, -0.25) is 9.88 Å². The summed E-state index contributed by atoms with van der Waals surface area (Å²) in [5.41, 5.74) is 4.33. The molecule has 0 N–H and O–H groups in total. The van der Waals surface area contributed by atoms with Crippen LogP contribution in [0.3, 0.4) is 0 Å². The summed E-state index contributed by atoms with van der Waals surface area (Å²) in [7, 11) is 2.17. The molecule has 0 spiro atoms. The summed E-state index contributed by atoms with van der Waals surface area (Å²) in [6.45, 7) is 11.5. The van der Waals surface area contributed by atoms with E-state index in [1.54, 1.807) is 0 Å². The smallest absolute Gasteiger partial charge is 0.147 e. The number of hydrogen-bond acceptors (Lipinski definition) is 6. The summed E-state index contributed by atoms with van der Waals surface area (Å²) >= 11 is 0. The third-order valence-corrected chi connectivity index (χ3v) is 7.41. The fraction of sp³-hybridized carbons (Fsp3) is 0.577. The van der Waals surface area contributed by atoms with Gasteiger partial charge in [0.25, 0.3) is 0 Å². The summed E-state index contributed by atoms with van der Waals surface area (Å²) in [5, 5.41) is 0. The molecule has 0 unspecified atom stereocenters. The van der Waals surface area contributed by atoms with Crippen molar-refractivity contribution in [1.29, 1.82) is 0 Å². The van der Waals surface area contributed by atoms with E-state index in [1.807, 2.05) is 26.2 Å². The lowest BCUT2D eigenvalue weighted by Gasteiger charge is -2.36. The number of benzene rings is 1. The Morgan fingerprint density at radius 1 is 0.879 bits per heavy atom. The fourth-order valence-corrected chi connectivity index (χ4v) is 5.15. The van der Waals surface area contributed by atoms with Crippen LogP contribution in [0.15, 0.2) is 30.6 Å². The molecule has 7 nitrogen and oxygen atoms in total. The van der Waals surface area contributed by atoms with Crippen molar-refractivity contribution in [2.75, 3.05) is 51.2 Å². The lowest BCUT2D eigenvalue weighted by Crippen LogP contribution is -2.44. The van der Waals surface area contributed by atoms with Crippen molar-refractivity contribution in [3.63, 3.8) is 0 Å². The van der Waals surface area contributed by atoms with Gasteiger partial charge in [0.2, 0.25) is 0 Å². The maximum Gasteiger partial charge on any atom is 0.147 e. The van der Waals surface area contributed by atoms with Crippen LogP contribution in [0.2, 0.25) is 0 Å². The molecule has 7 heteroatoms. The van der Waals surface area contributed by atoms with Crippen molar-refractivity contribution >= 4 is 16.9 Å². The molecule has 0 bridgehead atoms. The third-order valence-electron chi connectivity index (χ3n) is 7.41. The zero-order chi connectivity index (χ0) is 22.8. The normalized spacial score (nSPS) is 20.0. The number of imidazole rings is 1. The molecule has 3 aromatic rings. The Kier molecular flexibility index (Phi) is 6.60. The van der Waals surface area contributed by atoms with Crippen molar-refractivity contribution in [2.24, 2.45) is 0 Å². The molecule has 2 fully saturated rings. The number of likely N-dealkylation sites (N-methyl/N-ethyl adjacent to an activating group) is 1. The molecule has 1 aromatic carbocycles. The quantitative estimate of drug-likeness (QED) is 0.611. The first-order valence-electron chi connectivity index (χ1n) is 12.7. The average molecular weight is 448 g/mol. The summed E-state index contributed by atoms with van der Waals surface area (Å²) < 4.78 is 2.43. The second kappa shape index (κ2) is 9.77. The number of fused-ring (bicyclic) bond motifs is 3. The molecule has 1 aliphatic carbocycles. The first kappa shape index (κ1) is 22.3. The van der Waals surface area contributed by atoms with Crippen molar-refractivity contribution < 1.29 is 0 Å². The topological polar surface area (TPSA) is 53.3 Å². The van der Waals surface area contributed by atoms with Gasteiger partial charge in [0.1, 0.15) is 11.6 Å². The Bertz CT molecular complexity index is 1060. The second-order valence-corrected chi connectivity index (χ2v) is 9.30. The lowest BCUT2D eigenvalue weighted by molar-refractivity contribution is 0.130. The van der Waals surface area contributed by atoms with Gasteiger partial charge in [0.15, 0.2) is 0 Å². The van der Waals surface area contributed by atoms with E-state index >= 15 is 0 Å². The first-order valence-corrected chi connectivity index (χ1v) is 12.7. The van der Waals surface area contributed by atoms with Crippen LogP contribution >= 0.6 is 0 Å². The molecular formula is C26H37N7. The van der Waals surface area contributed by atoms with E-state index in [2.05, 4.69) is 44.5 Å². The van der Waals surface area contributed by atoms with Crippen LogP contribution in [0.1, 0.15) is 38.9 Å². The van der Waals surface area contributed by atoms with Crippen molar-refractivity contribution in [1.82, 2.24) is 29.3 Å². The van der Waals surface area contributed by atoms with Crippen LogP contribution in [0, 0.1) is 0 Å². The van der Waals surface area contributed by atoms with Gasteiger partial charge in [-0.1, -0.05) is 26.3 Å². The molecule has 1 saturated heterocycles. The highest BCUT2D eigenvalue weighted by molar-refractivity contribution is 5.82. The van der Waals surface area contributed by atoms with Crippen molar-refractivity contribution in [3.05, 3.63) is 36.4 Å². The number of rotatable bonds is 3. The summed E-state index contributed by atoms with van der Waals surface area (Å²) in [6.07, 6.45) is 9.02. The average Bonchev–Trinajstić information content (AvgIpc) is 3.05. The maximum atomic E-state index is 5.01. The molecule has 0 radical (unpaired) electrons. The Morgan fingerprint density at radius 2 is 1.70 bits per heavy atom. The van der Waals surface area contributed by atoms with E-state index in [4.69, 9.17) is 15.0 Å². The standard InChI is InChI=1S/C24H31N7.C2H6/c1-28-9-11-30(12-10-28)24-17-25-21(16-26-24)18-5-6-22-20(15-18)27-23-7-8-29(13-14-31(22)23)19-3-2-4-19;1-2/h5-6,15-17,19H,2-4,7-14H2,1H3;1-2H3. The van der Waals surface area contributed by atoms with Crippen molar-refractivity contribution in [3.8, 4) is 11.3 Å². The van der Waals surface area contributed by atoms with E-state index in [1.165, 1.54) is 30.6 Å². The molecule has 1 saturated carbocycles. The Labute approximate surface area is 197 Å². The van der Waals surface area contributed by atoms with Gasteiger partial charge in [0.05, 0.1) is 29.1 Å². The third kappa shape index (κ3) is 4.49. The zero-order valence-corrected chi connectivity index (χ0v) is 20.4. The molecule has 0 amide bonds. The number of aromatic nitrogens is 4. The van der Waals surface area contributed by atoms with Gasteiger partial charge in [0, 0.05) is 63.8 Å². The molecule has 2 aromatic heterocycles. The molecule has 0 atom stereocenters. The summed E-state index contributed by atoms with van der Waals surface area (Å²) in [5.74, 6) is 2.20. The molecular weight excluding hydrogens is 410 g/mol. The summed E-state index contributed by atoms with van der Waals surface area (Å²) in [6, 6.07) is 7.39. The summed E-state index contributed by atoms with van der Waals surface area (Å²) in [4.78, 5) is 21.8. The highest BCUT2D eigenvalue weighted by atomic mass is 15.3. The van der Waals surface area contributed by atoms with Crippen LogP contribution in [0.5, 0.6) is 0 Å². The van der Waals surface area contributed by atoms with Crippen LogP contribution in [0.25, 0.3) is 22.3 Å². The molecule has 2 aliphatic heterocycles. The predicted molar refractivity (Wildman–Crippen MR) is 135 cm³/mol. The molecule has 6 rings (SSSR count). The van der Waals surface area contributed by atoms with E-state index in [-0.39, 0.29) is 0 Å². The highest BCUT2D eigenvalue weighted by Crippen LogP contribution is 2.29. The van der Waals surface area contributed by atoms with E-state index in [0.29, 0.717) is 0 Å². The van der Waals surface area contributed by atoms with Gasteiger partial charge in [-0.2, -0.15) is 0 Å². The van der Waals surface area contributed by atoms with Gasteiger partial charge in [-0.05, 0) is 32.0 Å². The van der Waals surface area contributed by atoms with Crippen LogP contribution in [-0.2, 0) is 13.0 Å². The lowest BCUT2D eigenvalue weighted by atomic mass is 9.91. The fourth-order valence-electron chi connectivity index (χ4n) is 5.15. The SMILES string of the molecule is CC.CN1CCN(c2cnc(-c3ccc4c(c3)nc3n4CCN(C4CCC4)CC3)cn2)CC1. The maximum absolute atomic E-state index is 5.01. The highest BCUT2D eigenvalue weighted by Gasteiger charge is 2.27. The van der Waals surface area contributed by atoms with Crippen molar-refractivity contribution in [2.45, 2.75) is 52.1 Å². The zero-order valence-electron chi connectivity index (χ0n) is 20.4. The minimum absolute atomic E-state index is 0.815. The van der Waals surface area contributed by atoms with E-state index in [9.17, 15) is 0 Å². The number of nitrogens with zero attached hydrogens (tertiary/aromatic N) is 7. The van der Waals surface area contributed by atoms with Gasteiger partial charge in [-0.25, -0.2) is 9.97 Å². The molecule has 4 heterocycles. The molecule has 33 heavy (non-hydrogen) atoms. The Hall–Kier alpha value is -2.51. The minimum atomic E-state index is 0.815. The molecule has 3 aliphatic rings. The molecule has 176 valence electrons. The van der Waals surface area contributed by atoms with Crippen LogP contribution in [-0.4, -0.2) is 81.7 Å². The largest absolute Gasteiger partial charge is 0.353 e. The monoisotopic (exact) mass is 447 g/mol. The predicted octanol–water partition coefficient (Wildman–Crippen LogP) is 3.68. The minimum Gasteiger partial charge on any atom is -0.353 e. The second-order valence-electron chi connectivity index (χ2n) is 9.30. The number of piperazine rings is 1. The Morgan fingerprint density at radius 3 is 2.39 bits per heavy atom. The first-order chi connectivity index (χ1) is 16.2. The number of hydrogen-bond donors (Lipinski definition) is 0. The van der Waals surface area contributed by atoms with Gasteiger partial charge < -0.3 is 14.4 Å². The van der Waals surface area contributed by atoms with Gasteiger partial charge in [-0.15, -0.1) is 0 Å². The van der Waals surface area contributed by atoms with E-state index in [0.717, 1.165) is 80.9 Å². The number of anilines is 1. The van der Waals surface area contributed by atoms with Crippen LogP contribution < -0.4 is 4.90 Å². The van der Waals surface area contributed by atoms with Gasteiger partial charge >= 0.3 is 0 Å². The Balaban J connectivity index is 0.00000111.